The maximum absolute atomic E-state index is 11.0. The van der Waals surface area contributed by atoms with Gasteiger partial charge in [0.2, 0.25) is 0 Å². The van der Waals surface area contributed by atoms with Crippen LogP contribution in [-0.4, -0.2) is 26.0 Å². The van der Waals surface area contributed by atoms with E-state index in [0.717, 1.165) is 16.9 Å². The molecule has 1 aliphatic rings. The van der Waals surface area contributed by atoms with Crippen molar-refractivity contribution in [3.63, 3.8) is 0 Å². The van der Waals surface area contributed by atoms with Crippen molar-refractivity contribution in [3.05, 3.63) is 41.7 Å². The van der Waals surface area contributed by atoms with Crippen LogP contribution in [0.15, 0.2) is 30.5 Å². The second-order valence-corrected chi connectivity index (χ2v) is 4.82. The number of rotatable bonds is 2. The molecule has 0 amide bonds. The number of aromatic hydroxyl groups is 1. The van der Waals surface area contributed by atoms with E-state index in [4.69, 9.17) is 5.11 Å². The third-order valence-electron chi connectivity index (χ3n) is 3.59. The molecule has 0 spiro atoms. The van der Waals surface area contributed by atoms with Crippen molar-refractivity contribution in [2.75, 3.05) is 0 Å². The van der Waals surface area contributed by atoms with Gasteiger partial charge in [0, 0.05) is 5.69 Å². The third kappa shape index (κ3) is 2.07. The van der Waals surface area contributed by atoms with Crippen molar-refractivity contribution in [2.45, 2.75) is 19.3 Å². The molecule has 2 aromatic rings. The average Bonchev–Trinajstić information content (AvgIpc) is 2.82. The van der Waals surface area contributed by atoms with Crippen LogP contribution < -0.4 is 0 Å². The molecule has 0 saturated heterocycles. The number of carbonyl (C=O) groups is 1. The van der Waals surface area contributed by atoms with Crippen molar-refractivity contribution in [3.8, 4) is 11.4 Å². The zero-order chi connectivity index (χ0) is 13.4. The quantitative estimate of drug-likeness (QED) is 0.860. The molecule has 5 heteroatoms. The van der Waals surface area contributed by atoms with E-state index >= 15 is 0 Å². The fourth-order valence-corrected chi connectivity index (χ4v) is 2.55. The Morgan fingerprint density at radius 3 is 2.74 bits per heavy atom. The summed E-state index contributed by atoms with van der Waals surface area (Å²) in [5.74, 6) is -0.816. The SMILES string of the molecule is O=C(O)[C@@H]1CCc2c(cnn2-c2ccc(O)cc2)C1. The lowest BCUT2D eigenvalue weighted by Gasteiger charge is -2.19. The van der Waals surface area contributed by atoms with Gasteiger partial charge in [-0.3, -0.25) is 4.79 Å². The Morgan fingerprint density at radius 2 is 2.05 bits per heavy atom. The van der Waals surface area contributed by atoms with Crippen LogP contribution in [0.1, 0.15) is 17.7 Å². The van der Waals surface area contributed by atoms with Crippen LogP contribution in [0.25, 0.3) is 5.69 Å². The lowest BCUT2D eigenvalue weighted by Crippen LogP contribution is -2.22. The van der Waals surface area contributed by atoms with E-state index in [1.807, 2.05) is 4.68 Å². The molecule has 3 rings (SSSR count). The molecule has 0 fully saturated rings. The summed E-state index contributed by atoms with van der Waals surface area (Å²) in [7, 11) is 0. The van der Waals surface area contributed by atoms with E-state index in [9.17, 15) is 9.90 Å². The number of nitrogens with zero attached hydrogens (tertiary/aromatic N) is 2. The van der Waals surface area contributed by atoms with Gasteiger partial charge in [-0.15, -0.1) is 0 Å². The summed E-state index contributed by atoms with van der Waals surface area (Å²) >= 11 is 0. The molecule has 0 bridgehead atoms. The lowest BCUT2D eigenvalue weighted by atomic mass is 9.88. The molecule has 2 N–H and O–H groups in total. The van der Waals surface area contributed by atoms with Crippen LogP contribution in [0, 0.1) is 5.92 Å². The molecular formula is C14H14N2O3. The summed E-state index contributed by atoms with van der Waals surface area (Å²) in [6.07, 6.45) is 3.65. The molecule has 1 aromatic heterocycles. The lowest BCUT2D eigenvalue weighted by molar-refractivity contribution is -0.142. The van der Waals surface area contributed by atoms with Crippen LogP contribution in [-0.2, 0) is 17.6 Å². The average molecular weight is 258 g/mol. The summed E-state index contributed by atoms with van der Waals surface area (Å²) in [6.45, 7) is 0. The van der Waals surface area contributed by atoms with E-state index in [1.54, 1.807) is 30.5 Å². The molecule has 5 nitrogen and oxygen atoms in total. The highest BCUT2D eigenvalue weighted by atomic mass is 16.4. The van der Waals surface area contributed by atoms with Crippen molar-refractivity contribution in [2.24, 2.45) is 5.92 Å². The Hall–Kier alpha value is -2.30. The van der Waals surface area contributed by atoms with Gasteiger partial charge < -0.3 is 10.2 Å². The standard InChI is InChI=1S/C14H14N2O3/c17-12-4-2-11(3-5-12)16-13-6-1-9(14(18)19)7-10(13)8-15-16/h2-5,8-9,17H,1,6-7H2,(H,18,19)/t9-/m1/s1. The van der Waals surface area contributed by atoms with Gasteiger partial charge in [-0.25, -0.2) is 4.68 Å². The Kier molecular flexibility index (Phi) is 2.74. The van der Waals surface area contributed by atoms with E-state index in [-0.39, 0.29) is 11.7 Å². The Labute approximate surface area is 110 Å². The second kappa shape index (κ2) is 4.42. The van der Waals surface area contributed by atoms with E-state index < -0.39 is 5.97 Å². The first-order valence-electron chi connectivity index (χ1n) is 6.23. The number of phenolic OH excluding ortho intramolecular Hbond substituents is 1. The number of aromatic nitrogens is 2. The number of hydrogen-bond donors (Lipinski definition) is 2. The first-order valence-corrected chi connectivity index (χ1v) is 6.23. The van der Waals surface area contributed by atoms with Gasteiger partial charge in [0.1, 0.15) is 5.75 Å². The molecule has 98 valence electrons. The van der Waals surface area contributed by atoms with Gasteiger partial charge in [-0.05, 0) is 49.1 Å². The summed E-state index contributed by atoms with van der Waals surface area (Å²) in [6, 6.07) is 6.83. The van der Waals surface area contributed by atoms with Crippen LogP contribution >= 0.6 is 0 Å². The Bertz CT molecular complexity index is 616. The second-order valence-electron chi connectivity index (χ2n) is 4.82. The van der Waals surface area contributed by atoms with E-state index in [2.05, 4.69) is 5.10 Å². The van der Waals surface area contributed by atoms with Crippen molar-refractivity contribution >= 4 is 5.97 Å². The van der Waals surface area contributed by atoms with Crippen molar-refractivity contribution in [1.29, 1.82) is 0 Å². The fourth-order valence-electron chi connectivity index (χ4n) is 2.55. The smallest absolute Gasteiger partial charge is 0.306 e. The van der Waals surface area contributed by atoms with Gasteiger partial charge in [-0.2, -0.15) is 5.10 Å². The minimum absolute atomic E-state index is 0.218. The van der Waals surface area contributed by atoms with Crippen LogP contribution in [0.2, 0.25) is 0 Å². The first-order chi connectivity index (χ1) is 9.15. The minimum Gasteiger partial charge on any atom is -0.508 e. The summed E-state index contributed by atoms with van der Waals surface area (Å²) in [5, 5.41) is 22.7. The molecule has 1 aliphatic carbocycles. The van der Waals surface area contributed by atoms with Gasteiger partial charge >= 0.3 is 5.97 Å². The number of benzene rings is 1. The van der Waals surface area contributed by atoms with Crippen molar-refractivity contribution < 1.29 is 15.0 Å². The summed E-state index contributed by atoms with van der Waals surface area (Å²) in [4.78, 5) is 11.0. The number of carboxylic acid groups (broad SMARTS) is 1. The molecule has 1 aromatic carbocycles. The topological polar surface area (TPSA) is 75.3 Å². The molecule has 1 atom stereocenters. The zero-order valence-electron chi connectivity index (χ0n) is 10.3. The highest BCUT2D eigenvalue weighted by molar-refractivity contribution is 5.71. The number of hydrogen-bond acceptors (Lipinski definition) is 3. The number of aliphatic carboxylic acids is 1. The monoisotopic (exact) mass is 258 g/mol. The Balaban J connectivity index is 1.95. The number of fused-ring (bicyclic) bond motifs is 1. The number of phenols is 1. The molecule has 19 heavy (non-hydrogen) atoms. The van der Waals surface area contributed by atoms with Crippen LogP contribution in [0.3, 0.4) is 0 Å². The molecule has 0 aliphatic heterocycles. The third-order valence-corrected chi connectivity index (χ3v) is 3.59. The molecule has 1 heterocycles. The molecule has 0 saturated carbocycles. The summed E-state index contributed by atoms with van der Waals surface area (Å²) < 4.78 is 1.83. The van der Waals surface area contributed by atoms with E-state index in [1.165, 1.54) is 0 Å². The normalized spacial score (nSPS) is 18.0. The van der Waals surface area contributed by atoms with Gasteiger partial charge in [-0.1, -0.05) is 0 Å². The maximum atomic E-state index is 11.0. The Morgan fingerprint density at radius 1 is 1.32 bits per heavy atom. The molecule has 0 radical (unpaired) electrons. The van der Waals surface area contributed by atoms with Gasteiger partial charge in [0.25, 0.3) is 0 Å². The van der Waals surface area contributed by atoms with Gasteiger partial charge in [0.05, 0.1) is 17.8 Å². The zero-order valence-corrected chi connectivity index (χ0v) is 10.3. The summed E-state index contributed by atoms with van der Waals surface area (Å²) in [5.41, 5.74) is 2.96. The predicted octanol–water partition coefficient (Wildman–Crippen LogP) is 1.77. The van der Waals surface area contributed by atoms with Crippen LogP contribution in [0.5, 0.6) is 5.75 Å². The minimum atomic E-state index is -0.733. The van der Waals surface area contributed by atoms with E-state index in [0.29, 0.717) is 19.3 Å². The molecular weight excluding hydrogens is 244 g/mol. The van der Waals surface area contributed by atoms with Gasteiger partial charge in [0.15, 0.2) is 0 Å². The first kappa shape index (κ1) is 11.8. The highest BCUT2D eigenvalue weighted by Crippen LogP contribution is 2.27. The maximum Gasteiger partial charge on any atom is 0.306 e. The van der Waals surface area contributed by atoms with Crippen LogP contribution in [0.4, 0.5) is 0 Å². The molecule has 0 unspecified atom stereocenters. The highest BCUT2D eigenvalue weighted by Gasteiger charge is 2.27. The fraction of sp³-hybridized carbons (Fsp3) is 0.286. The number of carboxylic acids is 1. The van der Waals surface area contributed by atoms with Crippen molar-refractivity contribution in [1.82, 2.24) is 9.78 Å². The predicted molar refractivity (Wildman–Crippen MR) is 68.4 cm³/mol. The largest absolute Gasteiger partial charge is 0.508 e.